The molecule has 1 rings (SSSR count). The van der Waals surface area contributed by atoms with Gasteiger partial charge in [0.05, 0.1) is 11.9 Å². The summed E-state index contributed by atoms with van der Waals surface area (Å²) < 4.78 is 0. The maximum Gasteiger partial charge on any atom is 0.233 e. The molecule has 0 spiro atoms. The molecule has 0 aliphatic carbocycles. The Kier molecular flexibility index (Phi) is 7.10. The van der Waals surface area contributed by atoms with Crippen LogP contribution in [0.2, 0.25) is 0 Å². The lowest BCUT2D eigenvalue weighted by atomic mass is 10.1. The average molecular weight is 295 g/mol. The van der Waals surface area contributed by atoms with E-state index in [1.54, 1.807) is 0 Å². The molecule has 1 N–H and O–H groups in total. The Labute approximate surface area is 126 Å². The average Bonchev–Trinajstić information content (AvgIpc) is 2.38. The first kappa shape index (κ1) is 17.1. The highest BCUT2D eigenvalue weighted by molar-refractivity contribution is 7.99. The second kappa shape index (κ2) is 8.32. The zero-order valence-corrected chi connectivity index (χ0v) is 13.6. The summed E-state index contributed by atoms with van der Waals surface area (Å²) in [6.07, 6.45) is -0.513. The minimum Gasteiger partial charge on any atom is -0.388 e. The van der Waals surface area contributed by atoms with Gasteiger partial charge in [0, 0.05) is 17.8 Å². The number of nitrogens with zero attached hydrogens (tertiary/aromatic N) is 1. The first-order valence-electron chi connectivity index (χ1n) is 7.05. The SMILES string of the molecule is CC(C)N(C(=O)CSCC(O)c1ccccc1)C(C)C. The van der Waals surface area contributed by atoms with Crippen LogP contribution in [0.15, 0.2) is 30.3 Å². The van der Waals surface area contributed by atoms with E-state index in [0.29, 0.717) is 11.5 Å². The largest absolute Gasteiger partial charge is 0.388 e. The predicted octanol–water partition coefficient (Wildman–Crippen LogP) is 3.10. The van der Waals surface area contributed by atoms with E-state index in [1.807, 2.05) is 62.9 Å². The molecular formula is C16H25NO2S. The molecule has 0 aromatic heterocycles. The van der Waals surface area contributed by atoms with Crippen molar-refractivity contribution in [2.24, 2.45) is 0 Å². The van der Waals surface area contributed by atoms with Crippen molar-refractivity contribution in [3.63, 3.8) is 0 Å². The van der Waals surface area contributed by atoms with Crippen LogP contribution in [0.25, 0.3) is 0 Å². The zero-order chi connectivity index (χ0) is 15.1. The number of thioether (sulfide) groups is 1. The third-order valence-electron chi connectivity index (χ3n) is 3.09. The van der Waals surface area contributed by atoms with Gasteiger partial charge < -0.3 is 10.0 Å². The van der Waals surface area contributed by atoms with Crippen LogP contribution in [0.1, 0.15) is 39.4 Å². The van der Waals surface area contributed by atoms with Crippen LogP contribution in [0, 0.1) is 0 Å². The van der Waals surface area contributed by atoms with Crippen LogP contribution in [0.3, 0.4) is 0 Å². The molecular weight excluding hydrogens is 270 g/mol. The fourth-order valence-corrected chi connectivity index (χ4v) is 3.13. The summed E-state index contributed by atoms with van der Waals surface area (Å²) >= 11 is 1.49. The quantitative estimate of drug-likeness (QED) is 0.840. The van der Waals surface area contributed by atoms with E-state index < -0.39 is 6.10 Å². The lowest BCUT2D eigenvalue weighted by Crippen LogP contribution is -2.43. The van der Waals surface area contributed by atoms with Gasteiger partial charge >= 0.3 is 0 Å². The Morgan fingerprint density at radius 2 is 1.70 bits per heavy atom. The molecule has 20 heavy (non-hydrogen) atoms. The van der Waals surface area contributed by atoms with E-state index in [2.05, 4.69) is 0 Å². The van der Waals surface area contributed by atoms with E-state index in [1.165, 1.54) is 11.8 Å². The Bertz CT molecular complexity index is 398. The molecule has 0 saturated heterocycles. The standard InChI is InChI=1S/C16H25NO2S/c1-12(2)17(13(3)4)16(19)11-20-10-15(18)14-8-6-5-7-9-14/h5-9,12-13,15,18H,10-11H2,1-4H3. The van der Waals surface area contributed by atoms with Crippen molar-refractivity contribution in [2.45, 2.75) is 45.9 Å². The van der Waals surface area contributed by atoms with E-state index in [-0.39, 0.29) is 18.0 Å². The fourth-order valence-electron chi connectivity index (χ4n) is 2.28. The van der Waals surface area contributed by atoms with Crippen LogP contribution in [-0.2, 0) is 4.79 Å². The van der Waals surface area contributed by atoms with Crippen molar-refractivity contribution >= 4 is 17.7 Å². The molecule has 1 amide bonds. The lowest BCUT2D eigenvalue weighted by Gasteiger charge is -2.30. The van der Waals surface area contributed by atoms with E-state index in [0.717, 1.165) is 5.56 Å². The van der Waals surface area contributed by atoms with Gasteiger partial charge in [-0.1, -0.05) is 30.3 Å². The minimum absolute atomic E-state index is 0.139. The van der Waals surface area contributed by atoms with E-state index in [9.17, 15) is 9.90 Å². The van der Waals surface area contributed by atoms with Crippen molar-refractivity contribution < 1.29 is 9.90 Å². The predicted molar refractivity (Wildman–Crippen MR) is 85.8 cm³/mol. The summed E-state index contributed by atoms with van der Waals surface area (Å²) in [6.45, 7) is 8.12. The molecule has 1 aromatic rings. The number of rotatable bonds is 7. The van der Waals surface area contributed by atoms with Gasteiger partial charge in [0.1, 0.15) is 0 Å². The number of carbonyl (C=O) groups is 1. The third-order valence-corrected chi connectivity index (χ3v) is 4.09. The summed E-state index contributed by atoms with van der Waals surface area (Å²) in [5.41, 5.74) is 0.900. The van der Waals surface area contributed by atoms with Crippen molar-refractivity contribution in [2.75, 3.05) is 11.5 Å². The normalized spacial score (nSPS) is 12.8. The number of hydrogen-bond acceptors (Lipinski definition) is 3. The maximum absolute atomic E-state index is 12.2. The molecule has 0 bridgehead atoms. The van der Waals surface area contributed by atoms with E-state index in [4.69, 9.17) is 0 Å². The summed E-state index contributed by atoms with van der Waals surface area (Å²) in [7, 11) is 0. The Morgan fingerprint density at radius 3 is 2.20 bits per heavy atom. The molecule has 0 radical (unpaired) electrons. The summed E-state index contributed by atoms with van der Waals surface area (Å²) in [4.78, 5) is 14.1. The molecule has 0 heterocycles. The number of aliphatic hydroxyl groups is 1. The Morgan fingerprint density at radius 1 is 1.15 bits per heavy atom. The Hall–Kier alpha value is -1.00. The van der Waals surface area contributed by atoms with Gasteiger partial charge in [-0.3, -0.25) is 4.79 Å². The van der Waals surface area contributed by atoms with Gasteiger partial charge in [0.15, 0.2) is 0 Å². The Balaban J connectivity index is 2.42. The van der Waals surface area contributed by atoms with Crippen molar-refractivity contribution in [1.82, 2.24) is 4.90 Å². The molecule has 3 nitrogen and oxygen atoms in total. The molecule has 1 atom stereocenters. The molecule has 0 fully saturated rings. The first-order valence-corrected chi connectivity index (χ1v) is 8.20. The highest BCUT2D eigenvalue weighted by Crippen LogP contribution is 2.19. The maximum atomic E-state index is 12.2. The van der Waals surface area contributed by atoms with Crippen LogP contribution < -0.4 is 0 Å². The van der Waals surface area contributed by atoms with Crippen LogP contribution in [0.5, 0.6) is 0 Å². The van der Waals surface area contributed by atoms with Crippen molar-refractivity contribution in [1.29, 1.82) is 0 Å². The number of carbonyl (C=O) groups excluding carboxylic acids is 1. The van der Waals surface area contributed by atoms with Crippen LogP contribution >= 0.6 is 11.8 Å². The highest BCUT2D eigenvalue weighted by atomic mass is 32.2. The van der Waals surface area contributed by atoms with Crippen molar-refractivity contribution in [3.8, 4) is 0 Å². The van der Waals surface area contributed by atoms with Gasteiger partial charge in [0.2, 0.25) is 5.91 Å². The zero-order valence-electron chi connectivity index (χ0n) is 12.7. The van der Waals surface area contributed by atoms with E-state index >= 15 is 0 Å². The molecule has 0 aliphatic heterocycles. The topological polar surface area (TPSA) is 40.5 Å². The van der Waals surface area contributed by atoms with Crippen LogP contribution in [-0.4, -0.2) is 39.5 Å². The fraction of sp³-hybridized carbons (Fsp3) is 0.562. The second-order valence-electron chi connectivity index (χ2n) is 5.43. The second-order valence-corrected chi connectivity index (χ2v) is 6.46. The summed E-state index contributed by atoms with van der Waals surface area (Å²) in [5.74, 6) is 1.10. The molecule has 1 aromatic carbocycles. The third kappa shape index (κ3) is 5.17. The first-order chi connectivity index (χ1) is 9.43. The highest BCUT2D eigenvalue weighted by Gasteiger charge is 2.20. The van der Waals surface area contributed by atoms with Crippen molar-refractivity contribution in [3.05, 3.63) is 35.9 Å². The van der Waals surface area contributed by atoms with Gasteiger partial charge in [-0.2, -0.15) is 0 Å². The lowest BCUT2D eigenvalue weighted by molar-refractivity contribution is -0.131. The number of benzene rings is 1. The number of aliphatic hydroxyl groups excluding tert-OH is 1. The number of hydrogen-bond donors (Lipinski definition) is 1. The molecule has 1 unspecified atom stereocenters. The number of amides is 1. The molecule has 112 valence electrons. The van der Waals surface area contributed by atoms with Gasteiger partial charge in [-0.05, 0) is 33.3 Å². The van der Waals surface area contributed by atoms with Gasteiger partial charge in [-0.15, -0.1) is 11.8 Å². The minimum atomic E-state index is -0.513. The molecule has 0 saturated carbocycles. The summed E-state index contributed by atoms with van der Waals surface area (Å²) in [6, 6.07) is 9.98. The van der Waals surface area contributed by atoms with Gasteiger partial charge in [-0.25, -0.2) is 0 Å². The van der Waals surface area contributed by atoms with Gasteiger partial charge in [0.25, 0.3) is 0 Å². The monoisotopic (exact) mass is 295 g/mol. The smallest absolute Gasteiger partial charge is 0.233 e. The summed E-state index contributed by atoms with van der Waals surface area (Å²) in [5, 5.41) is 10.0. The van der Waals surface area contributed by atoms with Crippen LogP contribution in [0.4, 0.5) is 0 Å². The molecule has 4 heteroatoms. The molecule has 0 aliphatic rings.